The topological polar surface area (TPSA) is 42.5 Å². The van der Waals surface area contributed by atoms with Crippen molar-refractivity contribution in [1.29, 1.82) is 0 Å². The molecule has 6 aliphatic rings. The van der Waals surface area contributed by atoms with E-state index in [1.54, 1.807) is 0 Å². The van der Waals surface area contributed by atoms with Crippen molar-refractivity contribution in [1.82, 2.24) is 9.55 Å². The lowest BCUT2D eigenvalue weighted by Crippen LogP contribution is -2.27. The fourth-order valence-electron chi connectivity index (χ4n) is 9.96. The third-order valence-corrected chi connectivity index (χ3v) is 14.5. The van der Waals surface area contributed by atoms with Crippen LogP contribution >= 0.6 is 11.8 Å². The molecule has 5 aromatic rings. The molecule has 0 bridgehead atoms. The minimum Gasteiger partial charge on any atom is -0.306 e. The predicted octanol–water partition coefficient (Wildman–Crippen LogP) is 14.2. The SMILES string of the molecule is CC/C(=C\C=C1/CC2=CCC(c3ccccc3C3=NC=CC=C=C3)=CC/C=C\2S1)n1c2c(c3cc(C4=C(C5CCCC=N5)C=C=CC=C4)ccc31)=CC(c1ccccc1-c1ccccn1)=CC=C=2. The van der Waals surface area contributed by atoms with E-state index in [0.717, 1.165) is 94.7 Å². The van der Waals surface area contributed by atoms with Crippen LogP contribution < -0.4 is 10.6 Å². The molecule has 328 valence electrons. The molecule has 4 nitrogen and oxygen atoms in total. The van der Waals surface area contributed by atoms with Crippen LogP contribution in [-0.4, -0.2) is 27.5 Å². The van der Waals surface area contributed by atoms with Crippen LogP contribution in [0.4, 0.5) is 0 Å². The number of pyridine rings is 1. The van der Waals surface area contributed by atoms with Gasteiger partial charge in [-0.25, -0.2) is 0 Å². The molecule has 3 aliphatic heterocycles. The van der Waals surface area contributed by atoms with E-state index >= 15 is 0 Å². The number of thioether (sulfide) groups is 1. The van der Waals surface area contributed by atoms with Crippen molar-refractivity contribution in [2.45, 2.75) is 57.9 Å². The summed E-state index contributed by atoms with van der Waals surface area (Å²) in [5.74, 6) is 0. The number of aliphatic imine (C=N–C) groups is 2. The monoisotopic (exact) mass is 894 g/mol. The van der Waals surface area contributed by atoms with Crippen molar-refractivity contribution >= 4 is 68.8 Å². The molecule has 0 amide bonds. The van der Waals surface area contributed by atoms with Gasteiger partial charge in [0.05, 0.1) is 28.3 Å². The summed E-state index contributed by atoms with van der Waals surface area (Å²) in [5.41, 5.74) is 26.7. The summed E-state index contributed by atoms with van der Waals surface area (Å²) >= 11 is 1.91. The van der Waals surface area contributed by atoms with E-state index in [2.05, 4.69) is 181 Å². The quantitative estimate of drug-likeness (QED) is 0.138. The van der Waals surface area contributed by atoms with Crippen LogP contribution in [0.5, 0.6) is 0 Å². The highest BCUT2D eigenvalue weighted by atomic mass is 32.2. The summed E-state index contributed by atoms with van der Waals surface area (Å²) < 4.78 is 2.44. The maximum atomic E-state index is 4.98. The van der Waals surface area contributed by atoms with Crippen molar-refractivity contribution in [2.24, 2.45) is 9.98 Å². The number of fused-ring (bicyclic) bond motifs is 4. The maximum absolute atomic E-state index is 4.98. The van der Waals surface area contributed by atoms with Crippen LogP contribution in [0.3, 0.4) is 0 Å². The smallest absolute Gasteiger partial charge is 0.0968 e. The van der Waals surface area contributed by atoms with E-state index in [4.69, 9.17) is 15.0 Å². The molecule has 1 fully saturated rings. The molecule has 0 N–H and O–H groups in total. The third-order valence-electron chi connectivity index (χ3n) is 13.3. The van der Waals surface area contributed by atoms with Crippen molar-refractivity contribution in [3.05, 3.63) is 248 Å². The van der Waals surface area contributed by atoms with E-state index < -0.39 is 0 Å². The normalized spacial score (nSPS) is 20.0. The lowest BCUT2D eigenvalue weighted by atomic mass is 9.90. The summed E-state index contributed by atoms with van der Waals surface area (Å²) in [6, 6.07) is 30.5. The molecule has 3 aliphatic carbocycles. The van der Waals surface area contributed by atoms with Gasteiger partial charge in [0.2, 0.25) is 0 Å². The molecule has 11 rings (SSSR count). The summed E-state index contributed by atoms with van der Waals surface area (Å²) in [6.45, 7) is 2.26. The van der Waals surface area contributed by atoms with E-state index in [1.807, 2.05) is 54.5 Å². The van der Waals surface area contributed by atoms with Gasteiger partial charge in [-0.15, -0.1) is 11.5 Å². The Bertz CT molecular complexity index is 3560. The first-order valence-corrected chi connectivity index (χ1v) is 24.6. The van der Waals surface area contributed by atoms with Gasteiger partial charge in [0, 0.05) is 57.2 Å². The molecule has 5 heterocycles. The van der Waals surface area contributed by atoms with Gasteiger partial charge >= 0.3 is 0 Å². The van der Waals surface area contributed by atoms with Crippen LogP contribution in [0.2, 0.25) is 0 Å². The number of hydrogen-bond acceptors (Lipinski definition) is 4. The van der Waals surface area contributed by atoms with Crippen molar-refractivity contribution in [3.8, 4) is 11.3 Å². The highest BCUT2D eigenvalue weighted by Crippen LogP contribution is 2.46. The van der Waals surface area contributed by atoms with Crippen molar-refractivity contribution in [2.75, 3.05) is 0 Å². The van der Waals surface area contributed by atoms with Crippen molar-refractivity contribution < 1.29 is 0 Å². The van der Waals surface area contributed by atoms with Crippen LogP contribution in [0.15, 0.2) is 225 Å². The third kappa shape index (κ3) is 8.69. The lowest BCUT2D eigenvalue weighted by molar-refractivity contribution is 0.646. The Morgan fingerprint density at radius 1 is 0.853 bits per heavy atom. The van der Waals surface area contributed by atoms with Crippen LogP contribution in [0.25, 0.3) is 56.4 Å². The van der Waals surface area contributed by atoms with Gasteiger partial charge in [-0.1, -0.05) is 122 Å². The second-order valence-electron chi connectivity index (χ2n) is 17.4. The molecule has 2 aromatic heterocycles. The highest BCUT2D eigenvalue weighted by Gasteiger charge is 2.23. The summed E-state index contributed by atoms with van der Waals surface area (Å²) in [6.07, 6.45) is 45.4. The highest BCUT2D eigenvalue weighted by molar-refractivity contribution is 8.07. The fourth-order valence-corrected chi connectivity index (χ4v) is 11.1. The number of allylic oxidation sites excluding steroid dienone is 17. The molecule has 0 radical (unpaired) electrons. The summed E-state index contributed by atoms with van der Waals surface area (Å²) in [5, 5.41) is 3.39. The molecule has 1 unspecified atom stereocenters. The van der Waals surface area contributed by atoms with Crippen molar-refractivity contribution in [3.63, 3.8) is 0 Å². The van der Waals surface area contributed by atoms with Gasteiger partial charge in [-0.05, 0) is 167 Å². The molecule has 1 atom stereocenters. The van der Waals surface area contributed by atoms with E-state index in [-0.39, 0.29) is 6.04 Å². The van der Waals surface area contributed by atoms with Gasteiger partial charge in [-0.2, -0.15) is 0 Å². The zero-order chi connectivity index (χ0) is 45.7. The van der Waals surface area contributed by atoms with Gasteiger partial charge in [-0.3, -0.25) is 15.0 Å². The van der Waals surface area contributed by atoms with Gasteiger partial charge < -0.3 is 4.57 Å². The first-order valence-electron chi connectivity index (χ1n) is 23.8. The molecule has 1 saturated heterocycles. The van der Waals surface area contributed by atoms with E-state index in [1.165, 1.54) is 54.3 Å². The van der Waals surface area contributed by atoms with Gasteiger partial charge in [0.1, 0.15) is 0 Å². The maximum Gasteiger partial charge on any atom is 0.0968 e. The summed E-state index contributed by atoms with van der Waals surface area (Å²) in [7, 11) is 0. The first kappa shape index (κ1) is 42.9. The zero-order valence-electron chi connectivity index (χ0n) is 38.2. The molecule has 0 spiro atoms. The Morgan fingerprint density at radius 3 is 2.57 bits per heavy atom. The van der Waals surface area contributed by atoms with Gasteiger partial charge in [0.25, 0.3) is 0 Å². The number of hydrogen-bond donors (Lipinski definition) is 0. The van der Waals surface area contributed by atoms with E-state index in [9.17, 15) is 0 Å². The molecule has 3 aromatic carbocycles. The summed E-state index contributed by atoms with van der Waals surface area (Å²) in [4.78, 5) is 17.2. The molecule has 68 heavy (non-hydrogen) atoms. The Hall–Kier alpha value is -7.74. The fraction of sp³-hybridized carbons (Fsp3) is 0.143. The average Bonchev–Trinajstić information content (AvgIpc) is 3.58. The average molecular weight is 895 g/mol. The number of rotatable bonds is 9. The first-order chi connectivity index (χ1) is 33.7. The number of benzene rings is 3. The van der Waals surface area contributed by atoms with Crippen LogP contribution in [-0.2, 0) is 0 Å². The van der Waals surface area contributed by atoms with Crippen LogP contribution in [0.1, 0.15) is 74.1 Å². The standard InChI is InChI=1S/C63H50N4S/c1-2-48(35-36-49-41-47-33-32-44(19-18-31-63(47)68-49)50-22-8-10-25-53(50)58-27-7-4-14-38-64-58)67-61-30-17-20-45(51-23-9-11-26-55(51)60-29-13-16-40-66-60)42-56(61)57-43-46(34-37-62(57)67)52-21-5-3-6-24-54(52)59-28-12-15-39-65-59/h3-5,8-11,13-14,16-17,19-27,29,31,33-40,42-43,59H,2,12,15,18,28,32,41H2,1H3/b44-19?,47-33?,48-35+,49-36+,63-31+. The Kier molecular flexibility index (Phi) is 12.4. The minimum absolute atomic E-state index is 0.121. The minimum atomic E-state index is 0.121. The van der Waals surface area contributed by atoms with Crippen LogP contribution in [0, 0.1) is 0 Å². The molecule has 0 saturated carbocycles. The second-order valence-corrected chi connectivity index (χ2v) is 18.6. The number of aromatic nitrogens is 2. The number of nitrogens with zero attached hydrogens (tertiary/aromatic N) is 4. The van der Waals surface area contributed by atoms with E-state index in [0.29, 0.717) is 0 Å². The predicted molar refractivity (Wildman–Crippen MR) is 289 cm³/mol. The molecular formula is C63H50N4S. The lowest BCUT2D eigenvalue weighted by Gasteiger charge is -2.20. The Morgan fingerprint density at radius 2 is 1.71 bits per heavy atom. The zero-order valence-corrected chi connectivity index (χ0v) is 39.0. The second kappa shape index (κ2) is 19.6. The van der Waals surface area contributed by atoms with Gasteiger partial charge in [0.15, 0.2) is 0 Å². The molecular weight excluding hydrogens is 845 g/mol. The Labute approximate surface area is 403 Å². The Balaban J connectivity index is 0.991. The molecule has 5 heteroatoms. The largest absolute Gasteiger partial charge is 0.306 e.